The van der Waals surface area contributed by atoms with Gasteiger partial charge in [0.05, 0.1) is 23.2 Å². The van der Waals surface area contributed by atoms with Crippen LogP contribution in [0.2, 0.25) is 0 Å². The Morgan fingerprint density at radius 1 is 0.857 bits per heavy atom. The third kappa shape index (κ3) is 6.40. The molecule has 1 N–H and O–H groups in total. The van der Waals surface area contributed by atoms with E-state index in [1.165, 1.54) is 54.6 Å². The predicted octanol–water partition coefficient (Wildman–Crippen LogP) is 6.14. The van der Waals surface area contributed by atoms with Crippen molar-refractivity contribution in [3.63, 3.8) is 0 Å². The third-order valence-corrected chi connectivity index (χ3v) is 6.27. The summed E-state index contributed by atoms with van der Waals surface area (Å²) < 4.78 is 80.8. The van der Waals surface area contributed by atoms with E-state index in [1.807, 2.05) is 0 Å². The number of carbonyl (C=O) groups is 4. The van der Waals surface area contributed by atoms with E-state index in [2.05, 4.69) is 5.32 Å². The molecule has 1 aliphatic heterocycles. The fourth-order valence-corrected chi connectivity index (χ4v) is 4.55. The van der Waals surface area contributed by atoms with E-state index in [0.29, 0.717) is 0 Å². The molecule has 2 atom stereocenters. The molecule has 0 aromatic heterocycles. The third-order valence-electron chi connectivity index (χ3n) is 6.27. The number of benzene rings is 3. The lowest BCUT2D eigenvalue weighted by atomic mass is 10.0. The zero-order chi connectivity index (χ0) is 30.8. The van der Waals surface area contributed by atoms with Gasteiger partial charge in [-0.15, -0.1) is 0 Å². The molecule has 1 aliphatic rings. The van der Waals surface area contributed by atoms with Crippen LogP contribution in [-0.2, 0) is 25.2 Å². The second kappa shape index (κ2) is 11.6. The van der Waals surface area contributed by atoms with E-state index in [-0.39, 0.29) is 22.5 Å². The van der Waals surface area contributed by atoms with Crippen molar-refractivity contribution in [3.8, 4) is 0 Å². The molecule has 4 rings (SSSR count). The number of esters is 2. The minimum Gasteiger partial charge on any atom is -0.451 e. The topological polar surface area (TPSA) is 102 Å². The fourth-order valence-electron chi connectivity index (χ4n) is 4.55. The summed E-state index contributed by atoms with van der Waals surface area (Å²) in [6.45, 7) is 1.94. The monoisotopic (exact) mass is 590 g/mol. The number of para-hydroxylation sites is 1. The highest BCUT2D eigenvalue weighted by atomic mass is 19.4. The second-order valence-electron chi connectivity index (χ2n) is 9.33. The van der Waals surface area contributed by atoms with Crippen molar-refractivity contribution < 1.29 is 50.6 Å². The number of rotatable bonds is 5. The number of nitrogens with one attached hydrogen (secondary N) is 1. The summed E-state index contributed by atoms with van der Waals surface area (Å²) >= 11 is 0. The molecule has 0 spiro atoms. The van der Waals surface area contributed by atoms with Gasteiger partial charge in [0.1, 0.15) is 0 Å². The largest absolute Gasteiger partial charge is 0.451 e. The number of amides is 2. The van der Waals surface area contributed by atoms with Crippen LogP contribution in [0.3, 0.4) is 0 Å². The highest BCUT2D eigenvalue weighted by molar-refractivity contribution is 6.08. The van der Waals surface area contributed by atoms with Crippen molar-refractivity contribution in [2.45, 2.75) is 44.7 Å². The van der Waals surface area contributed by atoms with Crippen molar-refractivity contribution >= 4 is 35.1 Å². The van der Waals surface area contributed by atoms with Crippen molar-refractivity contribution in [2.24, 2.45) is 0 Å². The maximum atomic E-state index is 15.4. The molecule has 0 radical (unpaired) electrons. The summed E-state index contributed by atoms with van der Waals surface area (Å²) in [6.07, 6.45) is -9.85. The molecule has 3 aromatic rings. The number of carbonyl (C=O) groups excluding carboxylic acids is 4. The molecule has 8 nitrogen and oxygen atoms in total. The van der Waals surface area contributed by atoms with Gasteiger partial charge in [0.15, 0.2) is 12.3 Å². The van der Waals surface area contributed by atoms with Gasteiger partial charge < -0.3 is 14.8 Å². The maximum Gasteiger partial charge on any atom is 0.417 e. The smallest absolute Gasteiger partial charge is 0.417 e. The fraction of sp³-hybridized carbons (Fsp3) is 0.241. The van der Waals surface area contributed by atoms with Gasteiger partial charge in [0.25, 0.3) is 17.7 Å². The van der Waals surface area contributed by atoms with Gasteiger partial charge >= 0.3 is 18.1 Å². The highest BCUT2D eigenvalue weighted by Crippen LogP contribution is 2.47. The first-order valence-electron chi connectivity index (χ1n) is 12.4. The summed E-state index contributed by atoms with van der Waals surface area (Å²) in [4.78, 5) is 50.7. The molecule has 42 heavy (non-hydrogen) atoms. The Morgan fingerprint density at radius 3 is 2.07 bits per heavy atom. The van der Waals surface area contributed by atoms with Crippen LogP contribution in [0.4, 0.5) is 33.3 Å². The van der Waals surface area contributed by atoms with Gasteiger partial charge in [-0.1, -0.05) is 30.3 Å². The van der Waals surface area contributed by atoms with E-state index in [4.69, 9.17) is 9.47 Å². The Labute approximate surface area is 236 Å². The first-order valence-corrected chi connectivity index (χ1v) is 12.4. The summed E-state index contributed by atoms with van der Waals surface area (Å²) in [5, 5.41) is 2.33. The summed E-state index contributed by atoms with van der Waals surface area (Å²) in [7, 11) is 0. The van der Waals surface area contributed by atoms with Gasteiger partial charge in [-0.2, -0.15) is 13.2 Å². The Hall–Kier alpha value is -4.81. The molecule has 0 bridgehead atoms. The molecule has 0 aliphatic carbocycles. The SMILES string of the molecule is CC(=O)OC1CC(F)(F)C(OC(C)=O)c2ccccc2N1C(=O)c1ccc(NC(=O)c2ccccc2C(F)(F)F)cc1. The van der Waals surface area contributed by atoms with Crippen molar-refractivity contribution in [1.82, 2.24) is 0 Å². The average Bonchev–Trinajstić information content (AvgIpc) is 2.99. The predicted molar refractivity (Wildman–Crippen MR) is 139 cm³/mol. The lowest BCUT2D eigenvalue weighted by molar-refractivity contribution is -0.181. The Bertz CT molecular complexity index is 1520. The zero-order valence-corrected chi connectivity index (χ0v) is 22.1. The molecule has 13 heteroatoms. The first-order chi connectivity index (χ1) is 19.7. The molecule has 0 saturated carbocycles. The molecular weight excluding hydrogens is 567 g/mol. The van der Waals surface area contributed by atoms with Crippen LogP contribution in [0.1, 0.15) is 58.2 Å². The minimum absolute atomic E-state index is 0.0442. The first kappa shape index (κ1) is 30.2. The lowest BCUT2D eigenvalue weighted by Gasteiger charge is -2.31. The van der Waals surface area contributed by atoms with Crippen molar-refractivity contribution in [1.29, 1.82) is 0 Å². The molecule has 1 heterocycles. The van der Waals surface area contributed by atoms with Crippen LogP contribution in [-0.4, -0.2) is 35.9 Å². The molecular formula is C29H23F5N2O6. The number of hydrogen-bond acceptors (Lipinski definition) is 6. The van der Waals surface area contributed by atoms with Gasteiger partial charge in [-0.25, -0.2) is 8.78 Å². The van der Waals surface area contributed by atoms with Crippen LogP contribution in [0.5, 0.6) is 0 Å². The van der Waals surface area contributed by atoms with E-state index < -0.39 is 65.7 Å². The number of ether oxygens (including phenoxy) is 2. The van der Waals surface area contributed by atoms with E-state index >= 15 is 8.78 Å². The Balaban J connectivity index is 1.68. The van der Waals surface area contributed by atoms with Gasteiger partial charge in [0, 0.05) is 30.7 Å². The van der Waals surface area contributed by atoms with Gasteiger partial charge in [0.2, 0.25) is 0 Å². The molecule has 2 amide bonds. The molecule has 220 valence electrons. The molecule has 0 fully saturated rings. The van der Waals surface area contributed by atoms with Gasteiger partial charge in [-0.05, 0) is 42.5 Å². The summed E-state index contributed by atoms with van der Waals surface area (Å²) in [5.41, 5.74) is -2.09. The van der Waals surface area contributed by atoms with E-state index in [1.54, 1.807) is 0 Å². The van der Waals surface area contributed by atoms with E-state index in [9.17, 15) is 32.3 Å². The molecule has 0 saturated heterocycles. The normalized spacial score (nSPS) is 17.8. The number of anilines is 2. The second-order valence-corrected chi connectivity index (χ2v) is 9.33. The minimum atomic E-state index is -4.77. The molecule has 3 aromatic carbocycles. The van der Waals surface area contributed by atoms with Crippen LogP contribution < -0.4 is 10.2 Å². The quantitative estimate of drug-likeness (QED) is 0.283. The standard InChI is InChI=1S/C29H23F5N2O6/c1-16(37)41-24-15-28(30,31)25(42-17(2)38)21-8-4-6-10-23(21)36(24)27(40)18-11-13-19(14-12-18)35-26(39)20-7-3-5-9-22(20)29(32,33)34/h3-14,24-25H,15H2,1-2H3,(H,35,39). The van der Waals surface area contributed by atoms with Crippen LogP contribution >= 0.6 is 0 Å². The Morgan fingerprint density at radius 2 is 1.45 bits per heavy atom. The number of halogens is 5. The summed E-state index contributed by atoms with van der Waals surface area (Å²) in [6, 6.07) is 14.6. The average molecular weight is 591 g/mol. The maximum absolute atomic E-state index is 15.4. The Kier molecular flexibility index (Phi) is 8.32. The van der Waals surface area contributed by atoms with Crippen LogP contribution in [0, 0.1) is 0 Å². The van der Waals surface area contributed by atoms with Gasteiger partial charge in [-0.3, -0.25) is 24.1 Å². The highest BCUT2D eigenvalue weighted by Gasteiger charge is 2.52. The van der Waals surface area contributed by atoms with Crippen molar-refractivity contribution in [2.75, 3.05) is 10.2 Å². The lowest BCUT2D eigenvalue weighted by Crippen LogP contribution is -2.45. The van der Waals surface area contributed by atoms with E-state index in [0.717, 1.165) is 36.9 Å². The number of alkyl halides is 5. The number of hydrogen-bond donors (Lipinski definition) is 1. The zero-order valence-electron chi connectivity index (χ0n) is 22.1. The van der Waals surface area contributed by atoms with Crippen molar-refractivity contribution in [3.05, 3.63) is 95.1 Å². The number of fused-ring (bicyclic) bond motifs is 1. The van der Waals surface area contributed by atoms with Crippen LogP contribution in [0.25, 0.3) is 0 Å². The number of nitrogens with zero attached hydrogens (tertiary/aromatic N) is 1. The summed E-state index contributed by atoms with van der Waals surface area (Å²) in [5.74, 6) is -7.62. The molecule has 2 unspecified atom stereocenters. The van der Waals surface area contributed by atoms with Crippen LogP contribution in [0.15, 0.2) is 72.8 Å².